The quantitative estimate of drug-likeness (QED) is 0.465. The van der Waals surface area contributed by atoms with Gasteiger partial charge in [-0.1, -0.05) is 24.3 Å². The maximum absolute atomic E-state index is 12.7. The number of methoxy groups -OCH3 is 2. The SMILES string of the molecule is COc1ccc([C@H](C)NC(=O)CN(c2ccc(Oc3ccccc3)cc2)S(C)(=O)=O)cc1OC. The third-order valence-corrected chi connectivity index (χ3v) is 6.22. The molecular formula is C25H28N2O6S. The van der Waals surface area contributed by atoms with E-state index in [1.54, 1.807) is 50.4 Å². The molecule has 0 saturated carbocycles. The number of nitrogens with one attached hydrogen (secondary N) is 1. The van der Waals surface area contributed by atoms with E-state index in [2.05, 4.69) is 5.32 Å². The van der Waals surface area contributed by atoms with Gasteiger partial charge in [0.25, 0.3) is 0 Å². The molecule has 1 atom stereocenters. The Morgan fingerprint density at radius 1 is 0.912 bits per heavy atom. The fourth-order valence-electron chi connectivity index (χ4n) is 3.33. The van der Waals surface area contributed by atoms with Gasteiger partial charge in [-0.05, 0) is 61.0 Å². The molecule has 0 aliphatic carbocycles. The van der Waals surface area contributed by atoms with Crippen molar-refractivity contribution in [1.29, 1.82) is 0 Å². The van der Waals surface area contributed by atoms with Gasteiger partial charge in [0.1, 0.15) is 18.0 Å². The number of rotatable bonds is 10. The second-order valence-corrected chi connectivity index (χ2v) is 9.49. The first kappa shape index (κ1) is 24.9. The summed E-state index contributed by atoms with van der Waals surface area (Å²) in [6.45, 7) is 1.44. The number of ether oxygens (including phenoxy) is 3. The number of amides is 1. The third-order valence-electron chi connectivity index (χ3n) is 5.08. The first-order chi connectivity index (χ1) is 16.2. The fourth-order valence-corrected chi connectivity index (χ4v) is 4.18. The van der Waals surface area contributed by atoms with Crippen LogP contribution in [0.5, 0.6) is 23.0 Å². The van der Waals surface area contributed by atoms with Crippen LogP contribution in [0.25, 0.3) is 0 Å². The van der Waals surface area contributed by atoms with Crippen molar-refractivity contribution in [2.24, 2.45) is 0 Å². The maximum Gasteiger partial charge on any atom is 0.241 e. The van der Waals surface area contributed by atoms with Crippen molar-refractivity contribution in [2.45, 2.75) is 13.0 Å². The highest BCUT2D eigenvalue weighted by molar-refractivity contribution is 7.92. The van der Waals surface area contributed by atoms with Crippen LogP contribution in [0.4, 0.5) is 5.69 Å². The van der Waals surface area contributed by atoms with Crippen LogP contribution < -0.4 is 23.8 Å². The molecule has 0 aliphatic heterocycles. The Kier molecular flexibility index (Phi) is 8.01. The highest BCUT2D eigenvalue weighted by Crippen LogP contribution is 2.30. The van der Waals surface area contributed by atoms with Gasteiger partial charge in [0, 0.05) is 0 Å². The second-order valence-electron chi connectivity index (χ2n) is 7.58. The molecule has 0 bridgehead atoms. The van der Waals surface area contributed by atoms with E-state index in [9.17, 15) is 13.2 Å². The average molecular weight is 485 g/mol. The summed E-state index contributed by atoms with van der Waals surface area (Å²) in [5.74, 6) is 1.88. The van der Waals surface area contributed by atoms with Crippen molar-refractivity contribution in [3.8, 4) is 23.0 Å². The second kappa shape index (κ2) is 10.9. The highest BCUT2D eigenvalue weighted by Gasteiger charge is 2.22. The summed E-state index contributed by atoms with van der Waals surface area (Å²) in [6, 6.07) is 20.7. The Bertz CT molecular complexity index is 1210. The minimum absolute atomic E-state index is 0.358. The van der Waals surface area contributed by atoms with Crippen LogP contribution in [0.1, 0.15) is 18.5 Å². The van der Waals surface area contributed by atoms with Gasteiger partial charge in [-0.15, -0.1) is 0 Å². The largest absolute Gasteiger partial charge is 0.493 e. The maximum atomic E-state index is 12.7. The first-order valence-electron chi connectivity index (χ1n) is 10.5. The minimum Gasteiger partial charge on any atom is -0.493 e. The molecule has 0 aliphatic rings. The fraction of sp³-hybridized carbons (Fsp3) is 0.240. The number of para-hydroxylation sites is 1. The normalized spacial score (nSPS) is 11.9. The summed E-state index contributed by atoms with van der Waals surface area (Å²) in [5.41, 5.74) is 1.15. The molecular weight excluding hydrogens is 456 g/mol. The Labute approximate surface area is 200 Å². The van der Waals surface area contributed by atoms with E-state index in [4.69, 9.17) is 14.2 Å². The molecule has 0 spiro atoms. The van der Waals surface area contributed by atoms with Gasteiger partial charge < -0.3 is 19.5 Å². The Balaban J connectivity index is 1.71. The van der Waals surface area contributed by atoms with E-state index in [0.717, 1.165) is 16.1 Å². The van der Waals surface area contributed by atoms with Crippen LogP contribution in [0.2, 0.25) is 0 Å². The monoisotopic (exact) mass is 484 g/mol. The third kappa shape index (κ3) is 6.41. The molecule has 9 heteroatoms. The predicted octanol–water partition coefficient (Wildman–Crippen LogP) is 4.14. The summed E-state index contributed by atoms with van der Waals surface area (Å²) in [7, 11) is -0.632. The summed E-state index contributed by atoms with van der Waals surface area (Å²) in [4.78, 5) is 12.7. The number of hydrogen-bond donors (Lipinski definition) is 1. The molecule has 3 aromatic rings. The van der Waals surface area contributed by atoms with E-state index in [0.29, 0.717) is 28.7 Å². The van der Waals surface area contributed by atoms with Crippen molar-refractivity contribution in [1.82, 2.24) is 5.32 Å². The Morgan fingerprint density at radius 2 is 1.53 bits per heavy atom. The van der Waals surface area contributed by atoms with Crippen LogP contribution in [-0.2, 0) is 14.8 Å². The zero-order valence-electron chi connectivity index (χ0n) is 19.5. The van der Waals surface area contributed by atoms with Crippen molar-refractivity contribution in [3.05, 3.63) is 78.4 Å². The van der Waals surface area contributed by atoms with Gasteiger partial charge in [0.05, 0.1) is 32.2 Å². The van der Waals surface area contributed by atoms with E-state index < -0.39 is 15.9 Å². The summed E-state index contributed by atoms with van der Waals surface area (Å²) in [5, 5.41) is 2.84. The molecule has 34 heavy (non-hydrogen) atoms. The zero-order chi connectivity index (χ0) is 24.7. The van der Waals surface area contributed by atoms with Crippen molar-refractivity contribution in [3.63, 3.8) is 0 Å². The molecule has 0 fully saturated rings. The Morgan fingerprint density at radius 3 is 2.12 bits per heavy atom. The van der Waals surface area contributed by atoms with E-state index in [1.165, 1.54) is 7.11 Å². The lowest BCUT2D eigenvalue weighted by atomic mass is 10.1. The van der Waals surface area contributed by atoms with E-state index in [-0.39, 0.29) is 12.6 Å². The number of sulfonamides is 1. The topological polar surface area (TPSA) is 94.2 Å². The summed E-state index contributed by atoms with van der Waals surface area (Å²) in [6.07, 6.45) is 1.06. The number of anilines is 1. The van der Waals surface area contributed by atoms with E-state index >= 15 is 0 Å². The van der Waals surface area contributed by atoms with Crippen LogP contribution in [0, 0.1) is 0 Å². The molecule has 3 aromatic carbocycles. The molecule has 1 amide bonds. The first-order valence-corrected chi connectivity index (χ1v) is 12.4. The highest BCUT2D eigenvalue weighted by atomic mass is 32.2. The lowest BCUT2D eigenvalue weighted by molar-refractivity contribution is -0.120. The number of hydrogen-bond acceptors (Lipinski definition) is 6. The van der Waals surface area contributed by atoms with Gasteiger partial charge in [-0.3, -0.25) is 9.10 Å². The molecule has 8 nitrogen and oxygen atoms in total. The molecule has 0 saturated heterocycles. The van der Waals surface area contributed by atoms with Gasteiger partial charge in [-0.25, -0.2) is 8.42 Å². The van der Waals surface area contributed by atoms with Crippen molar-refractivity contribution < 1.29 is 27.4 Å². The summed E-state index contributed by atoms with van der Waals surface area (Å²) < 4.78 is 42.2. The van der Waals surface area contributed by atoms with Gasteiger partial charge in [-0.2, -0.15) is 0 Å². The molecule has 1 N–H and O–H groups in total. The molecule has 0 aromatic heterocycles. The molecule has 0 radical (unpaired) electrons. The number of carbonyl (C=O) groups is 1. The van der Waals surface area contributed by atoms with Gasteiger partial charge >= 0.3 is 0 Å². The number of benzene rings is 3. The lowest BCUT2D eigenvalue weighted by Gasteiger charge is -2.23. The van der Waals surface area contributed by atoms with Crippen LogP contribution in [-0.4, -0.2) is 41.3 Å². The van der Waals surface area contributed by atoms with Crippen LogP contribution in [0.3, 0.4) is 0 Å². The zero-order valence-corrected chi connectivity index (χ0v) is 20.3. The van der Waals surface area contributed by atoms with Gasteiger partial charge in [0.2, 0.25) is 15.9 Å². The smallest absolute Gasteiger partial charge is 0.241 e. The standard InChI is InChI=1S/C25H28N2O6S/c1-18(19-10-15-23(31-2)24(16-19)32-3)26-25(28)17-27(34(4,29)30)20-11-13-22(14-12-20)33-21-8-6-5-7-9-21/h5-16,18H,17H2,1-4H3,(H,26,28)/t18-/m0/s1. The molecule has 3 rings (SSSR count). The van der Waals surface area contributed by atoms with Crippen molar-refractivity contribution >= 4 is 21.6 Å². The number of carbonyl (C=O) groups excluding carboxylic acids is 1. The van der Waals surface area contributed by atoms with E-state index in [1.807, 2.05) is 36.4 Å². The molecule has 0 unspecified atom stereocenters. The van der Waals surface area contributed by atoms with Crippen LogP contribution in [0.15, 0.2) is 72.8 Å². The minimum atomic E-state index is -3.71. The summed E-state index contributed by atoms with van der Waals surface area (Å²) >= 11 is 0. The van der Waals surface area contributed by atoms with Crippen molar-refractivity contribution in [2.75, 3.05) is 31.3 Å². The van der Waals surface area contributed by atoms with Crippen LogP contribution >= 0.6 is 0 Å². The lowest BCUT2D eigenvalue weighted by Crippen LogP contribution is -2.41. The average Bonchev–Trinajstić information content (AvgIpc) is 2.82. The molecule has 180 valence electrons. The predicted molar refractivity (Wildman–Crippen MR) is 131 cm³/mol. The van der Waals surface area contributed by atoms with Gasteiger partial charge in [0.15, 0.2) is 11.5 Å². The number of nitrogens with zero attached hydrogens (tertiary/aromatic N) is 1. The molecule has 0 heterocycles. The Hall–Kier alpha value is -3.72.